The van der Waals surface area contributed by atoms with E-state index in [1.807, 2.05) is 0 Å². The van der Waals surface area contributed by atoms with E-state index >= 15 is 0 Å². The summed E-state index contributed by atoms with van der Waals surface area (Å²) in [5.74, 6) is 0. The second kappa shape index (κ2) is 10.4. The van der Waals surface area contributed by atoms with Gasteiger partial charge in [0.25, 0.3) is 0 Å². The van der Waals surface area contributed by atoms with Crippen LogP contribution in [0.1, 0.15) is 0 Å². The van der Waals surface area contributed by atoms with Crippen molar-refractivity contribution >= 4 is 76.1 Å². The highest BCUT2D eigenvalue weighted by Crippen LogP contribution is 2.46. The lowest BCUT2D eigenvalue weighted by molar-refractivity contribution is 0.672. The van der Waals surface area contributed by atoms with Gasteiger partial charge in [0, 0.05) is 27.1 Å². The fourth-order valence-corrected chi connectivity index (χ4v) is 8.27. The van der Waals surface area contributed by atoms with E-state index in [4.69, 9.17) is 4.42 Å². The third-order valence-corrected chi connectivity index (χ3v) is 10.6. The molecular formula is C48H29NO. The Morgan fingerprint density at radius 1 is 0.340 bits per heavy atom. The molecule has 9 aromatic carbocycles. The van der Waals surface area contributed by atoms with Gasteiger partial charge in [-0.25, -0.2) is 0 Å². The average Bonchev–Trinajstić information content (AvgIpc) is 3.75. The number of hydrogen-bond acceptors (Lipinski definition) is 1. The summed E-state index contributed by atoms with van der Waals surface area (Å²) in [7, 11) is 0. The first-order valence-electron chi connectivity index (χ1n) is 17.2. The van der Waals surface area contributed by atoms with Gasteiger partial charge in [0.15, 0.2) is 5.58 Å². The highest BCUT2D eigenvalue weighted by Gasteiger charge is 2.19. The fraction of sp³-hybridized carbons (Fsp3) is 0. The Morgan fingerprint density at radius 2 is 0.880 bits per heavy atom. The predicted molar refractivity (Wildman–Crippen MR) is 212 cm³/mol. The average molecular weight is 636 g/mol. The molecule has 0 spiro atoms. The van der Waals surface area contributed by atoms with E-state index in [9.17, 15) is 0 Å². The van der Waals surface area contributed by atoms with E-state index < -0.39 is 0 Å². The zero-order valence-electron chi connectivity index (χ0n) is 27.1. The molecule has 11 rings (SSSR count). The Morgan fingerprint density at radius 3 is 1.58 bits per heavy atom. The molecule has 232 valence electrons. The lowest BCUT2D eigenvalue weighted by atomic mass is 9.85. The summed E-state index contributed by atoms with van der Waals surface area (Å²) in [4.78, 5) is 3.63. The van der Waals surface area contributed by atoms with Crippen molar-refractivity contribution in [2.24, 2.45) is 0 Å². The van der Waals surface area contributed by atoms with Crippen LogP contribution in [0.25, 0.3) is 109 Å². The third kappa shape index (κ3) is 3.96. The van der Waals surface area contributed by atoms with Gasteiger partial charge in [-0.2, -0.15) is 0 Å². The molecule has 0 fully saturated rings. The van der Waals surface area contributed by atoms with Crippen LogP contribution in [0.2, 0.25) is 0 Å². The molecule has 50 heavy (non-hydrogen) atoms. The molecular weight excluding hydrogens is 607 g/mol. The van der Waals surface area contributed by atoms with Gasteiger partial charge in [-0.1, -0.05) is 133 Å². The van der Waals surface area contributed by atoms with Crippen molar-refractivity contribution in [3.05, 3.63) is 170 Å². The highest BCUT2D eigenvalue weighted by molar-refractivity contribution is 6.24. The monoisotopic (exact) mass is 635 g/mol. The van der Waals surface area contributed by atoms with Crippen LogP contribution in [-0.2, 0) is 0 Å². The number of rotatable bonds is 3. The van der Waals surface area contributed by atoms with Crippen LogP contribution in [0.15, 0.2) is 174 Å². The maximum absolute atomic E-state index is 6.57. The largest absolute Gasteiger partial charge is 0.454 e. The Kier molecular flexibility index (Phi) is 5.70. The van der Waals surface area contributed by atoms with Crippen molar-refractivity contribution in [1.29, 1.82) is 0 Å². The maximum Gasteiger partial charge on any atom is 0.159 e. The minimum Gasteiger partial charge on any atom is -0.454 e. The van der Waals surface area contributed by atoms with Crippen LogP contribution in [0.5, 0.6) is 0 Å². The van der Waals surface area contributed by atoms with Gasteiger partial charge in [-0.05, 0) is 102 Å². The number of benzene rings is 9. The molecule has 0 radical (unpaired) electrons. The lowest BCUT2D eigenvalue weighted by Gasteiger charge is -2.18. The normalized spacial score (nSPS) is 12.0. The molecule has 0 aliphatic heterocycles. The summed E-state index contributed by atoms with van der Waals surface area (Å²) < 4.78 is 6.57. The van der Waals surface area contributed by atoms with E-state index in [0.29, 0.717) is 0 Å². The number of aromatic nitrogens is 1. The van der Waals surface area contributed by atoms with Crippen molar-refractivity contribution in [3.8, 4) is 33.4 Å². The Labute approximate surface area is 287 Å². The number of aromatic amines is 1. The number of furan rings is 1. The van der Waals surface area contributed by atoms with E-state index in [0.717, 1.165) is 33.0 Å². The number of H-pyrrole nitrogens is 1. The van der Waals surface area contributed by atoms with E-state index in [-0.39, 0.29) is 0 Å². The van der Waals surface area contributed by atoms with Crippen molar-refractivity contribution in [2.45, 2.75) is 0 Å². The lowest BCUT2D eigenvalue weighted by Crippen LogP contribution is -1.91. The van der Waals surface area contributed by atoms with Crippen molar-refractivity contribution in [3.63, 3.8) is 0 Å². The first kappa shape index (κ1) is 27.3. The van der Waals surface area contributed by atoms with Crippen molar-refractivity contribution in [1.82, 2.24) is 4.98 Å². The summed E-state index contributed by atoms with van der Waals surface area (Å²) in [5, 5.41) is 12.1. The summed E-state index contributed by atoms with van der Waals surface area (Å²) in [6, 6.07) is 61.7. The molecule has 0 unspecified atom stereocenters. The molecule has 0 bridgehead atoms. The molecule has 2 heterocycles. The fourth-order valence-electron chi connectivity index (χ4n) is 8.27. The summed E-state index contributed by atoms with van der Waals surface area (Å²) in [6.45, 7) is 0. The summed E-state index contributed by atoms with van der Waals surface area (Å²) in [5.41, 5.74) is 11.4. The zero-order chi connectivity index (χ0) is 32.8. The Hall–Kier alpha value is -6.64. The standard InChI is InChI=1S/C48H29NO/c1-2-10-29(11-3-1)30-18-19-32-27-33(21-20-31(32)26-30)45-36-13-4-6-15-38(36)46(39-16-7-5-14-37(39)45)34-22-25-44-42(28-34)41-24-23-40-35-12-8-9-17-43(35)49-47(40)48(41)50-44/h1-28,49H. The first-order chi connectivity index (χ1) is 24.8. The Balaban J connectivity index is 1.12. The second-order valence-electron chi connectivity index (χ2n) is 13.3. The number of nitrogens with one attached hydrogen (secondary N) is 1. The Bertz CT molecular complexity index is 3090. The molecule has 2 heteroatoms. The van der Waals surface area contributed by atoms with Gasteiger partial charge in [0.2, 0.25) is 0 Å². The maximum atomic E-state index is 6.57. The molecule has 1 N–H and O–H groups in total. The van der Waals surface area contributed by atoms with E-state index in [2.05, 4.69) is 175 Å². The van der Waals surface area contributed by atoms with Gasteiger partial charge in [-0.3, -0.25) is 0 Å². The molecule has 0 atom stereocenters. The quantitative estimate of drug-likeness (QED) is 0.192. The van der Waals surface area contributed by atoms with Crippen LogP contribution in [0.4, 0.5) is 0 Å². The van der Waals surface area contributed by atoms with E-state index in [1.54, 1.807) is 0 Å². The van der Waals surface area contributed by atoms with Gasteiger partial charge in [0.05, 0.1) is 5.52 Å². The topological polar surface area (TPSA) is 28.9 Å². The number of fused-ring (bicyclic) bond motifs is 10. The first-order valence-corrected chi connectivity index (χ1v) is 17.2. The number of hydrogen-bond donors (Lipinski definition) is 1. The van der Waals surface area contributed by atoms with Gasteiger partial charge < -0.3 is 9.40 Å². The van der Waals surface area contributed by atoms with Crippen LogP contribution in [-0.4, -0.2) is 4.98 Å². The third-order valence-electron chi connectivity index (χ3n) is 10.6. The van der Waals surface area contributed by atoms with Gasteiger partial charge >= 0.3 is 0 Å². The molecule has 2 nitrogen and oxygen atoms in total. The van der Waals surface area contributed by atoms with Crippen molar-refractivity contribution in [2.75, 3.05) is 0 Å². The summed E-state index contributed by atoms with van der Waals surface area (Å²) in [6.07, 6.45) is 0. The molecule has 0 saturated heterocycles. The van der Waals surface area contributed by atoms with E-state index in [1.165, 1.54) is 76.5 Å². The molecule has 0 aliphatic rings. The van der Waals surface area contributed by atoms with Gasteiger partial charge in [-0.15, -0.1) is 0 Å². The van der Waals surface area contributed by atoms with Crippen molar-refractivity contribution < 1.29 is 4.42 Å². The highest BCUT2D eigenvalue weighted by atomic mass is 16.3. The molecule has 0 saturated carbocycles. The zero-order valence-corrected chi connectivity index (χ0v) is 27.1. The second-order valence-corrected chi connectivity index (χ2v) is 13.3. The SMILES string of the molecule is c1ccc(-c2ccc3cc(-c4c5ccccc5c(-c5ccc6oc7c(ccc8c9ccccc9[nH]c87)c6c5)c5ccccc45)ccc3c2)cc1. The van der Waals surface area contributed by atoms with Crippen LogP contribution >= 0.6 is 0 Å². The molecule has 0 amide bonds. The predicted octanol–water partition coefficient (Wildman–Crippen LogP) is 13.7. The molecule has 2 aromatic heterocycles. The minimum absolute atomic E-state index is 0.895. The smallest absolute Gasteiger partial charge is 0.159 e. The molecule has 0 aliphatic carbocycles. The molecule has 11 aromatic rings. The van der Waals surface area contributed by atoms with Crippen LogP contribution in [0, 0.1) is 0 Å². The summed E-state index contributed by atoms with van der Waals surface area (Å²) >= 11 is 0. The minimum atomic E-state index is 0.895. The van der Waals surface area contributed by atoms with Crippen LogP contribution < -0.4 is 0 Å². The van der Waals surface area contributed by atoms with Gasteiger partial charge in [0.1, 0.15) is 5.58 Å². The number of para-hydroxylation sites is 1. The van der Waals surface area contributed by atoms with Crippen LogP contribution in [0.3, 0.4) is 0 Å².